The second kappa shape index (κ2) is 4.53. The summed E-state index contributed by atoms with van der Waals surface area (Å²) in [5, 5.41) is 0. The van der Waals surface area contributed by atoms with E-state index in [1.807, 2.05) is 45.2 Å². The van der Waals surface area contributed by atoms with Crippen molar-refractivity contribution >= 4 is 11.4 Å². The topological polar surface area (TPSA) is 42.4 Å². The van der Waals surface area contributed by atoms with Gasteiger partial charge in [0, 0.05) is 19.2 Å². The van der Waals surface area contributed by atoms with Crippen LogP contribution in [0.25, 0.3) is 0 Å². The predicted octanol–water partition coefficient (Wildman–Crippen LogP) is 3.12. The Balaban J connectivity index is 2.23. The summed E-state index contributed by atoms with van der Waals surface area (Å²) in [6.07, 6.45) is 1.72. The fourth-order valence-electron chi connectivity index (χ4n) is 1.91. The van der Waals surface area contributed by atoms with Crippen LogP contribution < -0.4 is 10.6 Å². The van der Waals surface area contributed by atoms with Gasteiger partial charge in [-0.1, -0.05) is 12.1 Å². The average Bonchev–Trinajstić information content (AvgIpc) is 2.68. The van der Waals surface area contributed by atoms with Crippen LogP contribution in [0.4, 0.5) is 11.4 Å². The quantitative estimate of drug-likeness (QED) is 0.824. The standard InChI is InChI=1S/C14H18N2O/c1-10-5-4-6-13(14(10)15)16(3)9-12-7-8-17-11(12)2/h4-8H,9,15H2,1-3H3. The molecule has 0 unspecified atom stereocenters. The SMILES string of the molecule is Cc1cccc(N(C)Cc2ccoc2C)c1N. The maximum absolute atomic E-state index is 6.09. The summed E-state index contributed by atoms with van der Waals surface area (Å²) in [6.45, 7) is 4.80. The van der Waals surface area contributed by atoms with Gasteiger partial charge in [0.1, 0.15) is 5.76 Å². The van der Waals surface area contributed by atoms with E-state index >= 15 is 0 Å². The minimum atomic E-state index is 0.802. The van der Waals surface area contributed by atoms with Crippen molar-refractivity contribution in [3.63, 3.8) is 0 Å². The number of hydrogen-bond acceptors (Lipinski definition) is 3. The van der Waals surface area contributed by atoms with Gasteiger partial charge in [-0.05, 0) is 31.5 Å². The van der Waals surface area contributed by atoms with E-state index < -0.39 is 0 Å². The normalized spacial score (nSPS) is 10.5. The van der Waals surface area contributed by atoms with Gasteiger partial charge in [-0.3, -0.25) is 0 Å². The lowest BCUT2D eigenvalue weighted by Gasteiger charge is -2.21. The van der Waals surface area contributed by atoms with Gasteiger partial charge in [0.15, 0.2) is 0 Å². The molecule has 0 spiro atoms. The molecule has 1 aromatic heterocycles. The third-order valence-corrected chi connectivity index (χ3v) is 3.09. The number of nitrogen functional groups attached to an aromatic ring is 1. The summed E-state index contributed by atoms with van der Waals surface area (Å²) in [7, 11) is 2.04. The molecule has 1 aromatic carbocycles. The second-order valence-electron chi connectivity index (χ2n) is 4.37. The Bertz CT molecular complexity index is 517. The molecule has 0 bridgehead atoms. The molecule has 3 heteroatoms. The molecule has 17 heavy (non-hydrogen) atoms. The number of nitrogens with two attached hydrogens (primary N) is 1. The maximum Gasteiger partial charge on any atom is 0.105 e. The highest BCUT2D eigenvalue weighted by atomic mass is 16.3. The molecule has 1 heterocycles. The van der Waals surface area contributed by atoms with Crippen molar-refractivity contribution in [3.8, 4) is 0 Å². The number of anilines is 2. The molecule has 0 saturated heterocycles. The van der Waals surface area contributed by atoms with Crippen LogP contribution in [0.2, 0.25) is 0 Å². The Morgan fingerprint density at radius 3 is 2.65 bits per heavy atom. The van der Waals surface area contributed by atoms with Crippen LogP contribution in [0.1, 0.15) is 16.9 Å². The zero-order chi connectivity index (χ0) is 12.4. The lowest BCUT2D eigenvalue weighted by atomic mass is 10.1. The molecule has 2 N–H and O–H groups in total. The van der Waals surface area contributed by atoms with Crippen molar-refractivity contribution in [1.29, 1.82) is 0 Å². The largest absolute Gasteiger partial charge is 0.469 e. The number of rotatable bonds is 3. The van der Waals surface area contributed by atoms with E-state index in [2.05, 4.69) is 4.90 Å². The molecule has 0 aliphatic carbocycles. The molecule has 2 aromatic rings. The molecule has 2 rings (SSSR count). The first-order valence-electron chi connectivity index (χ1n) is 5.69. The van der Waals surface area contributed by atoms with Gasteiger partial charge in [0.2, 0.25) is 0 Å². The fraction of sp³-hybridized carbons (Fsp3) is 0.286. The molecule has 0 fully saturated rings. The van der Waals surface area contributed by atoms with E-state index in [-0.39, 0.29) is 0 Å². The minimum absolute atomic E-state index is 0.802. The third-order valence-electron chi connectivity index (χ3n) is 3.09. The van der Waals surface area contributed by atoms with Crippen molar-refractivity contribution < 1.29 is 4.42 Å². The van der Waals surface area contributed by atoms with Gasteiger partial charge in [-0.2, -0.15) is 0 Å². The van der Waals surface area contributed by atoms with Gasteiger partial charge in [0.25, 0.3) is 0 Å². The Labute approximate surface area is 102 Å². The Hall–Kier alpha value is -1.90. The third kappa shape index (κ3) is 2.28. The van der Waals surface area contributed by atoms with E-state index in [0.717, 1.165) is 29.2 Å². The summed E-state index contributed by atoms with van der Waals surface area (Å²) in [4.78, 5) is 2.14. The summed E-state index contributed by atoms with van der Waals surface area (Å²) in [5.41, 5.74) is 10.3. The summed E-state index contributed by atoms with van der Waals surface area (Å²) in [6, 6.07) is 8.09. The van der Waals surface area contributed by atoms with Crippen molar-refractivity contribution in [3.05, 3.63) is 47.4 Å². The van der Waals surface area contributed by atoms with E-state index in [9.17, 15) is 0 Å². The predicted molar refractivity (Wildman–Crippen MR) is 71.1 cm³/mol. The van der Waals surface area contributed by atoms with Crippen LogP contribution >= 0.6 is 0 Å². The van der Waals surface area contributed by atoms with Crippen LogP contribution in [0.5, 0.6) is 0 Å². The van der Waals surface area contributed by atoms with Crippen LogP contribution in [-0.4, -0.2) is 7.05 Å². The van der Waals surface area contributed by atoms with E-state index in [1.165, 1.54) is 5.56 Å². The lowest BCUT2D eigenvalue weighted by molar-refractivity contribution is 0.529. The molecule has 0 saturated carbocycles. The molecule has 0 amide bonds. The maximum atomic E-state index is 6.09. The molecule has 0 radical (unpaired) electrons. The zero-order valence-corrected chi connectivity index (χ0v) is 10.5. The molecule has 0 atom stereocenters. The van der Waals surface area contributed by atoms with Gasteiger partial charge >= 0.3 is 0 Å². The summed E-state index contributed by atoms with van der Waals surface area (Å²) >= 11 is 0. The monoisotopic (exact) mass is 230 g/mol. The molecular formula is C14H18N2O. The van der Waals surface area contributed by atoms with Gasteiger partial charge in [-0.15, -0.1) is 0 Å². The Kier molecular flexibility index (Phi) is 3.09. The van der Waals surface area contributed by atoms with Crippen molar-refractivity contribution in [2.45, 2.75) is 20.4 Å². The van der Waals surface area contributed by atoms with Crippen molar-refractivity contribution in [2.24, 2.45) is 0 Å². The highest BCUT2D eigenvalue weighted by molar-refractivity contribution is 5.70. The second-order valence-corrected chi connectivity index (χ2v) is 4.37. The summed E-state index contributed by atoms with van der Waals surface area (Å²) in [5.74, 6) is 0.961. The van der Waals surface area contributed by atoms with Crippen molar-refractivity contribution in [1.82, 2.24) is 0 Å². The fourth-order valence-corrected chi connectivity index (χ4v) is 1.91. The van der Waals surface area contributed by atoms with Crippen LogP contribution in [0.15, 0.2) is 34.9 Å². The van der Waals surface area contributed by atoms with Crippen LogP contribution in [0, 0.1) is 13.8 Å². The first-order chi connectivity index (χ1) is 8.09. The number of nitrogens with zero attached hydrogens (tertiary/aromatic N) is 1. The van der Waals surface area contributed by atoms with Gasteiger partial charge in [-0.25, -0.2) is 0 Å². The lowest BCUT2D eigenvalue weighted by Crippen LogP contribution is -2.18. The minimum Gasteiger partial charge on any atom is -0.469 e. The Morgan fingerprint density at radius 1 is 1.24 bits per heavy atom. The Morgan fingerprint density at radius 2 is 2.00 bits per heavy atom. The van der Waals surface area contributed by atoms with E-state index in [0.29, 0.717) is 0 Å². The van der Waals surface area contributed by atoms with Gasteiger partial charge < -0.3 is 15.1 Å². The van der Waals surface area contributed by atoms with Crippen molar-refractivity contribution in [2.75, 3.05) is 17.7 Å². The van der Waals surface area contributed by atoms with E-state index in [1.54, 1.807) is 6.26 Å². The first kappa shape index (κ1) is 11.6. The zero-order valence-electron chi connectivity index (χ0n) is 10.5. The number of hydrogen-bond donors (Lipinski definition) is 1. The smallest absolute Gasteiger partial charge is 0.105 e. The number of benzene rings is 1. The number of aryl methyl sites for hydroxylation is 2. The molecule has 90 valence electrons. The highest BCUT2D eigenvalue weighted by Gasteiger charge is 2.09. The summed E-state index contributed by atoms with van der Waals surface area (Å²) < 4.78 is 5.30. The highest BCUT2D eigenvalue weighted by Crippen LogP contribution is 2.26. The van der Waals surface area contributed by atoms with Crippen LogP contribution in [-0.2, 0) is 6.54 Å². The first-order valence-corrected chi connectivity index (χ1v) is 5.69. The molecule has 3 nitrogen and oxygen atoms in total. The molecule has 0 aliphatic heterocycles. The molecule has 0 aliphatic rings. The average molecular weight is 230 g/mol. The van der Waals surface area contributed by atoms with Crippen LogP contribution in [0.3, 0.4) is 0 Å². The van der Waals surface area contributed by atoms with E-state index in [4.69, 9.17) is 10.2 Å². The number of furan rings is 1. The number of para-hydroxylation sites is 1. The molecular weight excluding hydrogens is 212 g/mol. The van der Waals surface area contributed by atoms with Gasteiger partial charge in [0.05, 0.1) is 17.6 Å².